The van der Waals surface area contributed by atoms with Crippen LogP contribution in [0.25, 0.3) is 0 Å². The number of ether oxygens (including phenoxy) is 3. The summed E-state index contributed by atoms with van der Waals surface area (Å²) in [5.74, 6) is 1.79. The minimum absolute atomic E-state index is 0.00253. The van der Waals surface area contributed by atoms with E-state index in [1.54, 1.807) is 7.11 Å². The van der Waals surface area contributed by atoms with Crippen molar-refractivity contribution < 1.29 is 19.3 Å². The van der Waals surface area contributed by atoms with Crippen LogP contribution in [0.4, 0.5) is 0 Å². The van der Waals surface area contributed by atoms with E-state index in [0.29, 0.717) is 6.04 Å². The van der Waals surface area contributed by atoms with E-state index >= 15 is 0 Å². The summed E-state index contributed by atoms with van der Waals surface area (Å²) < 4.78 is 19.4. The van der Waals surface area contributed by atoms with E-state index in [2.05, 4.69) is 44.9 Å². The molecule has 5 heteroatoms. The minimum Gasteiger partial charge on any atom is -0.493 e. The van der Waals surface area contributed by atoms with Crippen LogP contribution in [0.5, 0.6) is 11.5 Å². The first kappa shape index (κ1) is 21.2. The highest BCUT2D eigenvalue weighted by Crippen LogP contribution is 2.77. The molecule has 1 saturated heterocycles. The minimum atomic E-state index is -0.882. The summed E-state index contributed by atoms with van der Waals surface area (Å²) in [5, 5.41) is 12.1. The molecule has 4 bridgehead atoms. The number of likely N-dealkylation sites (tertiary alicyclic amines) is 1. The van der Waals surface area contributed by atoms with Crippen LogP contribution in [-0.4, -0.2) is 61.2 Å². The second kappa shape index (κ2) is 6.03. The highest BCUT2D eigenvalue weighted by Gasteiger charge is 2.82. The average Bonchev–Trinajstić information content (AvgIpc) is 3.12. The Morgan fingerprint density at radius 3 is 2.53 bits per heavy atom. The lowest BCUT2D eigenvalue weighted by Gasteiger charge is -2.75. The SMILES string of the molecule is COc1ccc2c3c1O[C@H]1C4(OC)CC[C@]5(C[C@@H]4C(C)(O)C(C)(C)C)[C@@H](C2)N(C)CC[C@]315. The molecule has 4 aliphatic carbocycles. The first-order valence-electron chi connectivity index (χ1n) is 12.3. The van der Waals surface area contributed by atoms with Gasteiger partial charge in [0.2, 0.25) is 0 Å². The quantitative estimate of drug-likeness (QED) is 0.770. The molecule has 6 aliphatic rings. The number of methoxy groups -OCH3 is 2. The Morgan fingerprint density at radius 1 is 1.12 bits per heavy atom. The molecule has 0 radical (unpaired) electrons. The Bertz CT molecular complexity index is 983. The molecule has 2 aliphatic heterocycles. The molecule has 1 aromatic rings. The summed E-state index contributed by atoms with van der Waals surface area (Å²) in [6, 6.07) is 4.82. The maximum atomic E-state index is 12.1. The second-order valence-electron chi connectivity index (χ2n) is 12.5. The van der Waals surface area contributed by atoms with E-state index in [9.17, 15) is 5.11 Å². The van der Waals surface area contributed by atoms with Gasteiger partial charge in [0.05, 0.1) is 12.7 Å². The van der Waals surface area contributed by atoms with Crippen molar-refractivity contribution in [2.75, 3.05) is 27.8 Å². The van der Waals surface area contributed by atoms with Gasteiger partial charge in [-0.3, -0.25) is 0 Å². The number of piperidine rings is 1. The van der Waals surface area contributed by atoms with Gasteiger partial charge in [-0.25, -0.2) is 0 Å². The van der Waals surface area contributed by atoms with Crippen molar-refractivity contribution in [3.63, 3.8) is 0 Å². The van der Waals surface area contributed by atoms with Crippen LogP contribution in [0.3, 0.4) is 0 Å². The van der Waals surface area contributed by atoms with Crippen molar-refractivity contribution in [3.05, 3.63) is 23.3 Å². The lowest BCUT2D eigenvalue weighted by Crippen LogP contribution is -2.83. The Kier molecular flexibility index (Phi) is 4.00. The van der Waals surface area contributed by atoms with E-state index in [1.165, 1.54) is 11.1 Å². The third kappa shape index (κ3) is 2.01. The molecule has 1 N–H and O–H groups in total. The zero-order valence-corrected chi connectivity index (χ0v) is 20.7. The van der Waals surface area contributed by atoms with Gasteiger partial charge in [0.25, 0.3) is 0 Å². The molecular weight excluding hydrogens is 402 g/mol. The standard InChI is InChI=1S/C27H39NO4/c1-23(2,3)24(4,29)18-15-25-10-11-27(18,31-7)22-26(25)12-13-28(5)19(25)14-16-8-9-17(30-6)21(32-22)20(16)26/h8-9,18-19,22,29H,10-15H2,1-7H3/t18-,19-,22-,24?,25+,26+,27?/m1/s1. The van der Waals surface area contributed by atoms with Crippen LogP contribution in [0.2, 0.25) is 0 Å². The second-order valence-corrected chi connectivity index (χ2v) is 12.5. The zero-order chi connectivity index (χ0) is 22.9. The largest absolute Gasteiger partial charge is 0.493 e. The Balaban J connectivity index is 1.65. The molecule has 32 heavy (non-hydrogen) atoms. The molecule has 2 unspecified atom stereocenters. The number of nitrogens with zero attached hydrogens (tertiary/aromatic N) is 1. The van der Waals surface area contributed by atoms with E-state index in [0.717, 1.165) is 50.1 Å². The number of likely N-dealkylation sites (N-methyl/N-ethyl adjacent to an activating group) is 1. The highest BCUT2D eigenvalue weighted by molar-refractivity contribution is 5.63. The zero-order valence-electron chi connectivity index (χ0n) is 20.7. The summed E-state index contributed by atoms with van der Waals surface area (Å²) in [6.07, 6.45) is 5.07. The van der Waals surface area contributed by atoms with Crippen LogP contribution in [0.1, 0.15) is 64.5 Å². The average molecular weight is 442 g/mol. The number of aliphatic hydroxyl groups is 1. The topological polar surface area (TPSA) is 51.2 Å². The molecule has 4 fully saturated rings. The Hall–Kier alpha value is -1.30. The normalized spacial score (nSPS) is 43.4. The third-order valence-electron chi connectivity index (χ3n) is 11.0. The number of hydrogen-bond acceptors (Lipinski definition) is 5. The van der Waals surface area contributed by atoms with E-state index in [1.807, 2.05) is 14.0 Å². The predicted molar refractivity (Wildman–Crippen MR) is 123 cm³/mol. The molecule has 3 saturated carbocycles. The van der Waals surface area contributed by atoms with Crippen LogP contribution in [0, 0.1) is 16.7 Å². The van der Waals surface area contributed by atoms with Crippen molar-refractivity contribution in [2.24, 2.45) is 16.7 Å². The van der Waals surface area contributed by atoms with Crippen molar-refractivity contribution in [1.29, 1.82) is 0 Å². The fourth-order valence-corrected chi connectivity index (χ4v) is 9.01. The van der Waals surface area contributed by atoms with E-state index in [4.69, 9.17) is 14.2 Å². The summed E-state index contributed by atoms with van der Waals surface area (Å²) >= 11 is 0. The summed E-state index contributed by atoms with van der Waals surface area (Å²) in [7, 11) is 5.89. The lowest BCUT2D eigenvalue weighted by atomic mass is 9.33. The van der Waals surface area contributed by atoms with Gasteiger partial charge in [-0.1, -0.05) is 26.8 Å². The van der Waals surface area contributed by atoms with Crippen molar-refractivity contribution in [2.45, 2.75) is 88.6 Å². The van der Waals surface area contributed by atoms with Crippen LogP contribution >= 0.6 is 0 Å². The molecule has 2 heterocycles. The number of rotatable bonds is 3. The summed E-state index contributed by atoms with van der Waals surface area (Å²) in [4.78, 5) is 2.60. The molecule has 2 spiro atoms. The molecule has 0 amide bonds. The first-order chi connectivity index (χ1) is 15.0. The third-order valence-corrected chi connectivity index (χ3v) is 11.0. The predicted octanol–water partition coefficient (Wildman–Crippen LogP) is 3.94. The van der Waals surface area contributed by atoms with Crippen LogP contribution < -0.4 is 9.47 Å². The van der Waals surface area contributed by atoms with Crippen LogP contribution in [0.15, 0.2) is 12.1 Å². The maximum Gasteiger partial charge on any atom is 0.165 e. The molecule has 7 rings (SSSR count). The summed E-state index contributed by atoms with van der Waals surface area (Å²) in [6.45, 7) is 9.59. The van der Waals surface area contributed by atoms with Gasteiger partial charge in [-0.05, 0) is 69.7 Å². The molecule has 176 valence electrons. The molecule has 0 aromatic heterocycles. The Morgan fingerprint density at radius 2 is 1.88 bits per heavy atom. The van der Waals surface area contributed by atoms with Gasteiger partial charge in [-0.2, -0.15) is 0 Å². The number of fused-ring (bicyclic) bond motifs is 2. The molecular formula is C27H39NO4. The van der Waals surface area contributed by atoms with Gasteiger partial charge in [0, 0.05) is 35.5 Å². The smallest absolute Gasteiger partial charge is 0.165 e. The first-order valence-corrected chi connectivity index (χ1v) is 12.3. The van der Waals surface area contributed by atoms with Gasteiger partial charge in [0.15, 0.2) is 11.5 Å². The van der Waals surface area contributed by atoms with Crippen LogP contribution in [-0.2, 0) is 16.6 Å². The fraction of sp³-hybridized carbons (Fsp3) is 0.778. The number of hydrogen-bond donors (Lipinski definition) is 1. The lowest BCUT2D eigenvalue weighted by molar-refractivity contribution is -0.311. The van der Waals surface area contributed by atoms with Crippen molar-refractivity contribution in [1.82, 2.24) is 4.90 Å². The molecule has 5 nitrogen and oxygen atoms in total. The maximum absolute atomic E-state index is 12.1. The van der Waals surface area contributed by atoms with Gasteiger partial charge in [0.1, 0.15) is 11.7 Å². The Labute approximate surface area is 192 Å². The van der Waals surface area contributed by atoms with Gasteiger partial charge >= 0.3 is 0 Å². The van der Waals surface area contributed by atoms with Crippen molar-refractivity contribution in [3.8, 4) is 11.5 Å². The van der Waals surface area contributed by atoms with E-state index in [-0.39, 0.29) is 28.3 Å². The van der Waals surface area contributed by atoms with Crippen molar-refractivity contribution >= 4 is 0 Å². The molecule has 1 aromatic carbocycles. The van der Waals surface area contributed by atoms with Gasteiger partial charge < -0.3 is 24.2 Å². The highest BCUT2D eigenvalue weighted by atomic mass is 16.6. The van der Waals surface area contributed by atoms with Gasteiger partial charge in [-0.15, -0.1) is 0 Å². The summed E-state index contributed by atoms with van der Waals surface area (Å²) in [5.41, 5.74) is 1.17. The monoisotopic (exact) mass is 441 g/mol. The van der Waals surface area contributed by atoms with E-state index < -0.39 is 11.2 Å². The number of benzene rings is 1. The fourth-order valence-electron chi connectivity index (χ4n) is 9.01. The molecule has 7 atom stereocenters.